The van der Waals surface area contributed by atoms with Crippen molar-refractivity contribution in [3.8, 4) is 11.5 Å². The lowest BCUT2D eigenvalue weighted by Gasteiger charge is -2.32. The van der Waals surface area contributed by atoms with E-state index < -0.39 is 35.2 Å². The van der Waals surface area contributed by atoms with Crippen LogP contribution >= 0.6 is 0 Å². The first-order chi connectivity index (χ1) is 14.4. The molecule has 6 heteroatoms. The molecule has 0 heterocycles. The van der Waals surface area contributed by atoms with Crippen molar-refractivity contribution in [3.63, 3.8) is 0 Å². The molecule has 0 spiro atoms. The molecule has 0 aromatic heterocycles. The van der Waals surface area contributed by atoms with Crippen LogP contribution in [0.4, 0.5) is 0 Å². The summed E-state index contributed by atoms with van der Waals surface area (Å²) in [5, 5.41) is 5.92. The van der Waals surface area contributed by atoms with Crippen molar-refractivity contribution in [2.24, 2.45) is 0 Å². The molecule has 0 unspecified atom stereocenters. The van der Waals surface area contributed by atoms with Gasteiger partial charge in [-0.3, -0.25) is 0 Å². The van der Waals surface area contributed by atoms with Crippen molar-refractivity contribution in [1.29, 1.82) is 0 Å². The summed E-state index contributed by atoms with van der Waals surface area (Å²) in [5.41, 5.74) is 2.84. The Morgan fingerprint density at radius 1 is 0.516 bits per heavy atom. The van der Waals surface area contributed by atoms with Gasteiger partial charge in [0.25, 0.3) is 0 Å². The molecule has 0 radical (unpaired) electrons. The zero-order valence-electron chi connectivity index (χ0n) is 21.9. The van der Waals surface area contributed by atoms with E-state index in [0.29, 0.717) is 0 Å². The molecule has 2 aromatic rings. The Kier molecular flexibility index (Phi) is 8.64. The van der Waals surface area contributed by atoms with Gasteiger partial charge in [0.2, 0.25) is 0 Å². The van der Waals surface area contributed by atoms with Gasteiger partial charge in [-0.1, -0.05) is 90.5 Å². The number of ether oxygens (including phenoxy) is 2. The maximum Gasteiger partial charge on any atom is 0.116 e. The molecule has 0 amide bonds. The third kappa shape index (κ3) is 5.29. The Bertz CT molecular complexity index is 786. The summed E-state index contributed by atoms with van der Waals surface area (Å²) in [5.74, 6) is 2.37. The molecule has 0 N–H and O–H groups in total. The SMILES string of the molecule is COc1c([SiH](C)C)cc(C(C)(C)c2cc([SiH](C)C)c(OC)c([SiH](C)C)c2)cc1[SiH](C)C. The highest BCUT2D eigenvalue weighted by molar-refractivity contribution is 6.76. The molecule has 172 valence electrons. The normalized spacial score (nSPS) is 12.4. The van der Waals surface area contributed by atoms with E-state index in [-0.39, 0.29) is 5.41 Å². The molecule has 0 saturated heterocycles. The maximum absolute atomic E-state index is 5.97. The molecule has 31 heavy (non-hydrogen) atoms. The van der Waals surface area contributed by atoms with Gasteiger partial charge in [-0.05, 0) is 31.9 Å². The van der Waals surface area contributed by atoms with E-state index in [4.69, 9.17) is 9.47 Å². The van der Waals surface area contributed by atoms with E-state index in [0.717, 1.165) is 0 Å². The summed E-state index contributed by atoms with van der Waals surface area (Å²) < 4.78 is 11.9. The summed E-state index contributed by atoms with van der Waals surface area (Å²) in [7, 11) is -0.393. The molecule has 0 aliphatic heterocycles. The lowest BCUT2D eigenvalue weighted by atomic mass is 9.78. The largest absolute Gasteiger partial charge is 0.497 e. The van der Waals surface area contributed by atoms with Crippen LogP contribution in [0.2, 0.25) is 52.4 Å². The van der Waals surface area contributed by atoms with E-state index in [1.54, 1.807) is 0 Å². The minimum Gasteiger partial charge on any atom is -0.497 e. The predicted molar refractivity (Wildman–Crippen MR) is 152 cm³/mol. The van der Waals surface area contributed by atoms with Crippen LogP contribution in [-0.2, 0) is 5.41 Å². The van der Waals surface area contributed by atoms with Crippen molar-refractivity contribution >= 4 is 55.9 Å². The Morgan fingerprint density at radius 2 is 0.742 bits per heavy atom. The summed E-state index contributed by atoms with van der Waals surface area (Å²) in [6.45, 7) is 24.1. The lowest BCUT2D eigenvalue weighted by molar-refractivity contribution is 0.420. The van der Waals surface area contributed by atoms with Crippen LogP contribution in [0.5, 0.6) is 11.5 Å². The quantitative estimate of drug-likeness (QED) is 0.532. The second kappa shape index (κ2) is 10.2. The standard InChI is InChI=1S/C25H44O2Si4/c1-25(2,17-13-19(28(5)6)23(26-3)20(14-17)29(7)8)18-15-21(30(9)10)24(27-4)22(16-18)31(11)12/h13-16,28-31H,1-12H3. The molecule has 2 nitrogen and oxygen atoms in total. The Hall–Kier alpha value is -1.09. The third-order valence-corrected chi connectivity index (χ3v) is 13.3. The van der Waals surface area contributed by atoms with Gasteiger partial charge in [-0.2, -0.15) is 0 Å². The van der Waals surface area contributed by atoms with Gasteiger partial charge in [0.05, 0.1) is 49.4 Å². The van der Waals surface area contributed by atoms with Crippen LogP contribution in [0.3, 0.4) is 0 Å². The zero-order chi connectivity index (χ0) is 23.7. The Labute approximate surface area is 197 Å². The zero-order valence-corrected chi connectivity index (χ0v) is 26.6. The summed E-state index contributed by atoms with van der Waals surface area (Å²) >= 11 is 0. The van der Waals surface area contributed by atoms with E-state index in [1.165, 1.54) is 43.4 Å². The summed E-state index contributed by atoms with van der Waals surface area (Å²) in [6.07, 6.45) is 0. The first-order valence-electron chi connectivity index (χ1n) is 11.8. The lowest BCUT2D eigenvalue weighted by Crippen LogP contribution is -2.39. The van der Waals surface area contributed by atoms with Gasteiger partial charge in [-0.25, -0.2) is 0 Å². The molecule has 2 rings (SSSR count). The minimum absolute atomic E-state index is 0.0509. The van der Waals surface area contributed by atoms with Crippen molar-refractivity contribution in [2.45, 2.75) is 71.6 Å². The summed E-state index contributed by atoms with van der Waals surface area (Å²) in [6, 6.07) is 9.89. The third-order valence-electron chi connectivity index (χ3n) is 6.63. The van der Waals surface area contributed by atoms with E-state index in [9.17, 15) is 0 Å². The Balaban J connectivity index is 2.83. The summed E-state index contributed by atoms with van der Waals surface area (Å²) in [4.78, 5) is 0. The van der Waals surface area contributed by atoms with Gasteiger partial charge >= 0.3 is 0 Å². The molecular formula is C25H44O2Si4. The van der Waals surface area contributed by atoms with Crippen LogP contribution in [-0.4, -0.2) is 49.4 Å². The molecular weight excluding hydrogens is 445 g/mol. The fourth-order valence-electron chi connectivity index (χ4n) is 4.42. The average Bonchev–Trinajstić information content (AvgIpc) is 2.70. The highest BCUT2D eigenvalue weighted by Gasteiger charge is 2.30. The van der Waals surface area contributed by atoms with Crippen molar-refractivity contribution in [2.75, 3.05) is 14.2 Å². The molecule has 0 saturated carbocycles. The van der Waals surface area contributed by atoms with Crippen molar-refractivity contribution in [3.05, 3.63) is 35.4 Å². The maximum atomic E-state index is 5.97. The van der Waals surface area contributed by atoms with Crippen LogP contribution in [0.15, 0.2) is 24.3 Å². The first kappa shape index (κ1) is 26.2. The van der Waals surface area contributed by atoms with Gasteiger partial charge in [0, 0.05) is 5.41 Å². The molecule has 0 bridgehead atoms. The minimum atomic E-state index is -1.02. The second-order valence-corrected chi connectivity index (χ2v) is 22.3. The van der Waals surface area contributed by atoms with E-state index in [2.05, 4.69) is 90.5 Å². The van der Waals surface area contributed by atoms with Crippen LogP contribution in [0, 0.1) is 0 Å². The van der Waals surface area contributed by atoms with Gasteiger partial charge in [0.15, 0.2) is 0 Å². The van der Waals surface area contributed by atoms with Gasteiger partial charge in [-0.15, -0.1) is 0 Å². The van der Waals surface area contributed by atoms with Gasteiger partial charge in [0.1, 0.15) is 11.5 Å². The van der Waals surface area contributed by atoms with Gasteiger partial charge < -0.3 is 9.47 Å². The molecule has 0 aliphatic carbocycles. The van der Waals surface area contributed by atoms with Crippen molar-refractivity contribution < 1.29 is 9.47 Å². The number of hydrogen-bond donors (Lipinski definition) is 0. The monoisotopic (exact) mass is 488 g/mol. The topological polar surface area (TPSA) is 18.5 Å². The van der Waals surface area contributed by atoms with Crippen LogP contribution in [0.25, 0.3) is 0 Å². The first-order valence-corrected chi connectivity index (χ1v) is 23.4. The highest BCUT2D eigenvalue weighted by atomic mass is 28.3. The number of hydrogen-bond acceptors (Lipinski definition) is 2. The highest BCUT2D eigenvalue weighted by Crippen LogP contribution is 2.32. The average molecular weight is 489 g/mol. The molecule has 0 atom stereocenters. The predicted octanol–water partition coefficient (Wildman–Crippen LogP) is 2.80. The molecule has 0 aliphatic rings. The number of benzene rings is 2. The van der Waals surface area contributed by atoms with Crippen LogP contribution < -0.4 is 30.2 Å². The van der Waals surface area contributed by atoms with E-state index >= 15 is 0 Å². The molecule has 2 aromatic carbocycles. The van der Waals surface area contributed by atoms with Crippen LogP contribution in [0.1, 0.15) is 25.0 Å². The fourth-order valence-corrected chi connectivity index (χ4v) is 10.0. The smallest absolute Gasteiger partial charge is 0.116 e. The number of methoxy groups -OCH3 is 2. The number of rotatable bonds is 8. The fraction of sp³-hybridized carbons (Fsp3) is 0.520. The van der Waals surface area contributed by atoms with Crippen molar-refractivity contribution in [1.82, 2.24) is 0 Å². The van der Waals surface area contributed by atoms with E-state index in [1.807, 2.05) is 14.2 Å². The second-order valence-electron chi connectivity index (χ2n) is 10.6. The molecule has 0 fully saturated rings. The Morgan fingerprint density at radius 3 is 0.903 bits per heavy atom.